The fourth-order valence-electron chi connectivity index (χ4n) is 2.15. The smallest absolute Gasteiger partial charge is 0.119 e. The van der Waals surface area contributed by atoms with Gasteiger partial charge >= 0.3 is 0 Å². The number of rotatable bonds is 3. The van der Waals surface area contributed by atoms with Gasteiger partial charge in [0.2, 0.25) is 0 Å². The molecule has 1 fully saturated rings. The minimum Gasteiger partial charge on any atom is -0.494 e. The van der Waals surface area contributed by atoms with Gasteiger partial charge in [-0.1, -0.05) is 19.1 Å². The van der Waals surface area contributed by atoms with Crippen LogP contribution in [0.15, 0.2) is 24.3 Å². The van der Waals surface area contributed by atoms with Crippen LogP contribution in [-0.4, -0.2) is 13.2 Å². The van der Waals surface area contributed by atoms with Gasteiger partial charge in [0.15, 0.2) is 0 Å². The highest BCUT2D eigenvalue weighted by Crippen LogP contribution is 2.28. The van der Waals surface area contributed by atoms with Gasteiger partial charge in [0.25, 0.3) is 0 Å². The lowest BCUT2D eigenvalue weighted by Gasteiger charge is -2.12. The van der Waals surface area contributed by atoms with Crippen LogP contribution in [0.3, 0.4) is 0 Å². The Bertz CT molecular complexity index is 324. The lowest BCUT2D eigenvalue weighted by Crippen LogP contribution is -2.13. The molecule has 0 bridgehead atoms. The summed E-state index contributed by atoms with van der Waals surface area (Å²) in [5, 5.41) is 3.54. The molecule has 0 amide bonds. The van der Waals surface area contributed by atoms with Crippen LogP contribution in [0.2, 0.25) is 0 Å². The first-order chi connectivity index (χ1) is 7.29. The molecule has 1 N–H and O–H groups in total. The third kappa shape index (κ3) is 2.51. The first-order valence-corrected chi connectivity index (χ1v) is 5.75. The Morgan fingerprint density at radius 1 is 1.47 bits per heavy atom. The highest BCUT2D eigenvalue weighted by molar-refractivity contribution is 5.31. The van der Waals surface area contributed by atoms with Gasteiger partial charge in [0, 0.05) is 6.04 Å². The van der Waals surface area contributed by atoms with Crippen molar-refractivity contribution in [1.29, 1.82) is 0 Å². The van der Waals surface area contributed by atoms with E-state index in [2.05, 4.69) is 30.4 Å². The van der Waals surface area contributed by atoms with E-state index in [1.807, 2.05) is 13.0 Å². The molecular weight excluding hydrogens is 186 g/mol. The largest absolute Gasteiger partial charge is 0.494 e. The highest BCUT2D eigenvalue weighted by Gasteiger charge is 2.21. The van der Waals surface area contributed by atoms with Crippen LogP contribution in [0.1, 0.15) is 31.9 Å². The van der Waals surface area contributed by atoms with Gasteiger partial charge in [0.05, 0.1) is 6.61 Å². The minimum atomic E-state index is 0.514. The van der Waals surface area contributed by atoms with Crippen molar-refractivity contribution < 1.29 is 4.74 Å². The Morgan fingerprint density at radius 3 is 3.00 bits per heavy atom. The maximum Gasteiger partial charge on any atom is 0.119 e. The van der Waals surface area contributed by atoms with Gasteiger partial charge in [-0.15, -0.1) is 0 Å². The second kappa shape index (κ2) is 4.67. The van der Waals surface area contributed by atoms with Crippen molar-refractivity contribution in [2.75, 3.05) is 13.2 Å². The molecule has 2 rings (SSSR count). The van der Waals surface area contributed by atoms with Crippen molar-refractivity contribution >= 4 is 0 Å². The lowest BCUT2D eigenvalue weighted by molar-refractivity contribution is 0.339. The molecule has 0 aliphatic carbocycles. The molecule has 2 heteroatoms. The average molecular weight is 205 g/mol. The fraction of sp³-hybridized carbons (Fsp3) is 0.538. The molecule has 1 aliphatic rings. The molecule has 82 valence electrons. The Balaban J connectivity index is 2.10. The van der Waals surface area contributed by atoms with E-state index in [4.69, 9.17) is 4.74 Å². The summed E-state index contributed by atoms with van der Waals surface area (Å²) >= 11 is 0. The number of hydrogen-bond acceptors (Lipinski definition) is 2. The second-order valence-electron chi connectivity index (χ2n) is 4.31. The molecule has 1 aliphatic heterocycles. The molecule has 15 heavy (non-hydrogen) atoms. The first-order valence-electron chi connectivity index (χ1n) is 5.75. The van der Waals surface area contributed by atoms with Crippen molar-refractivity contribution in [2.45, 2.75) is 26.3 Å². The maximum atomic E-state index is 5.51. The molecule has 1 aromatic carbocycles. The van der Waals surface area contributed by atoms with E-state index in [-0.39, 0.29) is 0 Å². The number of hydrogen-bond donors (Lipinski definition) is 1. The van der Waals surface area contributed by atoms with Gasteiger partial charge in [-0.3, -0.25) is 0 Å². The van der Waals surface area contributed by atoms with E-state index >= 15 is 0 Å². The maximum absolute atomic E-state index is 5.51. The van der Waals surface area contributed by atoms with E-state index < -0.39 is 0 Å². The number of nitrogens with one attached hydrogen (secondary N) is 1. The van der Waals surface area contributed by atoms with Crippen LogP contribution in [0.4, 0.5) is 0 Å². The Labute approximate surface area is 91.6 Å². The fourth-order valence-corrected chi connectivity index (χ4v) is 2.15. The van der Waals surface area contributed by atoms with Gasteiger partial charge in [-0.05, 0) is 43.5 Å². The molecule has 1 saturated heterocycles. The van der Waals surface area contributed by atoms with Crippen LogP contribution in [0, 0.1) is 5.92 Å². The zero-order valence-electron chi connectivity index (χ0n) is 9.49. The zero-order chi connectivity index (χ0) is 10.7. The van der Waals surface area contributed by atoms with Crippen LogP contribution in [-0.2, 0) is 0 Å². The van der Waals surface area contributed by atoms with Crippen LogP contribution >= 0.6 is 0 Å². The zero-order valence-corrected chi connectivity index (χ0v) is 9.49. The minimum absolute atomic E-state index is 0.514. The summed E-state index contributed by atoms with van der Waals surface area (Å²) in [6, 6.07) is 8.94. The molecule has 0 saturated carbocycles. The first kappa shape index (κ1) is 10.5. The van der Waals surface area contributed by atoms with Gasteiger partial charge in [0.1, 0.15) is 5.75 Å². The molecular formula is C13H19NO. The molecule has 0 radical (unpaired) electrons. The summed E-state index contributed by atoms with van der Waals surface area (Å²) in [6.07, 6.45) is 1.23. The van der Waals surface area contributed by atoms with E-state index in [9.17, 15) is 0 Å². The van der Waals surface area contributed by atoms with E-state index in [1.165, 1.54) is 12.0 Å². The second-order valence-corrected chi connectivity index (χ2v) is 4.31. The van der Waals surface area contributed by atoms with Crippen molar-refractivity contribution in [1.82, 2.24) is 5.32 Å². The van der Waals surface area contributed by atoms with Crippen molar-refractivity contribution in [3.63, 3.8) is 0 Å². The summed E-state index contributed by atoms with van der Waals surface area (Å²) in [7, 11) is 0. The SMILES string of the molecule is CCOc1cccc([C@@H]2C[C@H](C)CN2)c1. The third-order valence-corrected chi connectivity index (χ3v) is 2.92. The third-order valence-electron chi connectivity index (χ3n) is 2.92. The molecule has 0 aromatic heterocycles. The Kier molecular flexibility index (Phi) is 3.27. The summed E-state index contributed by atoms with van der Waals surface area (Å²) < 4.78 is 5.51. The van der Waals surface area contributed by atoms with E-state index in [0.717, 1.165) is 24.8 Å². The predicted octanol–water partition coefficient (Wildman–Crippen LogP) is 2.76. The normalized spacial score (nSPS) is 25.5. The van der Waals surface area contributed by atoms with Crippen molar-refractivity contribution in [2.24, 2.45) is 5.92 Å². The lowest BCUT2D eigenvalue weighted by atomic mass is 10.0. The molecule has 0 spiro atoms. The molecule has 0 unspecified atom stereocenters. The Morgan fingerprint density at radius 2 is 2.33 bits per heavy atom. The number of ether oxygens (including phenoxy) is 1. The monoisotopic (exact) mass is 205 g/mol. The van der Waals surface area contributed by atoms with E-state index in [0.29, 0.717) is 6.04 Å². The quantitative estimate of drug-likeness (QED) is 0.819. The standard InChI is InChI=1S/C13H19NO/c1-3-15-12-6-4-5-11(8-12)13-7-10(2)9-14-13/h4-6,8,10,13-14H,3,7,9H2,1-2H3/t10-,13-/m0/s1. The van der Waals surface area contributed by atoms with Gasteiger partial charge in [-0.2, -0.15) is 0 Å². The van der Waals surface area contributed by atoms with Crippen molar-refractivity contribution in [3.8, 4) is 5.75 Å². The predicted molar refractivity (Wildman–Crippen MR) is 62.1 cm³/mol. The topological polar surface area (TPSA) is 21.3 Å². The van der Waals surface area contributed by atoms with Crippen LogP contribution in [0.25, 0.3) is 0 Å². The molecule has 1 aromatic rings. The molecule has 1 heterocycles. The van der Waals surface area contributed by atoms with Gasteiger partial charge in [-0.25, -0.2) is 0 Å². The Hall–Kier alpha value is -1.02. The highest BCUT2D eigenvalue weighted by atomic mass is 16.5. The summed E-state index contributed by atoms with van der Waals surface area (Å²) in [5.74, 6) is 1.77. The van der Waals surface area contributed by atoms with Crippen LogP contribution < -0.4 is 10.1 Å². The van der Waals surface area contributed by atoms with E-state index in [1.54, 1.807) is 0 Å². The van der Waals surface area contributed by atoms with Crippen molar-refractivity contribution in [3.05, 3.63) is 29.8 Å². The number of benzene rings is 1. The summed E-state index contributed by atoms with van der Waals surface area (Å²) in [5.41, 5.74) is 1.35. The average Bonchev–Trinajstić information content (AvgIpc) is 2.66. The van der Waals surface area contributed by atoms with Gasteiger partial charge < -0.3 is 10.1 Å². The molecule has 2 nitrogen and oxygen atoms in total. The summed E-state index contributed by atoms with van der Waals surface area (Å²) in [6.45, 7) is 6.17. The summed E-state index contributed by atoms with van der Waals surface area (Å²) in [4.78, 5) is 0. The van der Waals surface area contributed by atoms with Crippen LogP contribution in [0.5, 0.6) is 5.75 Å². The molecule has 2 atom stereocenters.